The van der Waals surface area contributed by atoms with E-state index in [0.29, 0.717) is 18.8 Å². The average Bonchev–Trinajstić information content (AvgIpc) is 2.56. The van der Waals surface area contributed by atoms with Gasteiger partial charge in [-0.3, -0.25) is 14.9 Å². The molecule has 0 aliphatic rings. The van der Waals surface area contributed by atoms with E-state index in [1.807, 2.05) is 37.4 Å². The molecule has 1 unspecified atom stereocenters. The molecule has 2 N–H and O–H groups in total. The van der Waals surface area contributed by atoms with Crippen LogP contribution >= 0.6 is 0 Å². The van der Waals surface area contributed by atoms with E-state index in [9.17, 15) is 14.9 Å². The average molecular weight is 330 g/mol. The van der Waals surface area contributed by atoms with Crippen LogP contribution in [0.3, 0.4) is 0 Å². The van der Waals surface area contributed by atoms with Gasteiger partial charge < -0.3 is 15.0 Å². The SMILES string of the molecule is C[NH+](CCOc1ccccc1)CC(=O)Nc1cccc([N+](=O)[O-])c1. The molecule has 7 nitrogen and oxygen atoms in total. The van der Waals surface area contributed by atoms with Crippen LogP contribution in [0.4, 0.5) is 11.4 Å². The fourth-order valence-corrected chi connectivity index (χ4v) is 2.12. The molecule has 0 bridgehead atoms. The normalized spacial score (nSPS) is 11.5. The molecule has 0 heterocycles. The molecule has 0 fully saturated rings. The van der Waals surface area contributed by atoms with E-state index < -0.39 is 4.92 Å². The van der Waals surface area contributed by atoms with Gasteiger partial charge in [-0.2, -0.15) is 0 Å². The standard InChI is InChI=1S/C17H19N3O4/c1-19(10-11-24-16-8-3-2-4-9-16)13-17(21)18-14-6-5-7-15(12-14)20(22)23/h2-9,12H,10-11,13H2,1H3,(H,18,21)/p+1. The molecule has 1 atom stereocenters. The number of ether oxygens (including phenoxy) is 1. The number of benzene rings is 2. The van der Waals surface area contributed by atoms with Crippen molar-refractivity contribution in [3.05, 3.63) is 64.7 Å². The van der Waals surface area contributed by atoms with E-state index in [1.165, 1.54) is 18.2 Å². The first kappa shape index (κ1) is 17.4. The Morgan fingerprint density at radius 3 is 2.67 bits per heavy atom. The summed E-state index contributed by atoms with van der Waals surface area (Å²) in [6.45, 7) is 1.41. The number of rotatable bonds is 8. The van der Waals surface area contributed by atoms with Crippen molar-refractivity contribution in [2.75, 3.05) is 32.1 Å². The van der Waals surface area contributed by atoms with E-state index in [4.69, 9.17) is 4.74 Å². The number of anilines is 1. The first-order chi connectivity index (χ1) is 11.5. The molecule has 0 aromatic heterocycles. The Balaban J connectivity index is 1.75. The maximum Gasteiger partial charge on any atom is 0.279 e. The number of likely N-dealkylation sites (N-methyl/N-ethyl adjacent to an activating group) is 1. The molecule has 0 aliphatic heterocycles. The fraction of sp³-hybridized carbons (Fsp3) is 0.235. The van der Waals surface area contributed by atoms with Crippen LogP contribution in [-0.4, -0.2) is 37.6 Å². The number of quaternary nitrogens is 1. The molecule has 0 radical (unpaired) electrons. The summed E-state index contributed by atoms with van der Waals surface area (Å²) < 4.78 is 5.59. The van der Waals surface area contributed by atoms with E-state index in [2.05, 4.69) is 5.32 Å². The Morgan fingerprint density at radius 1 is 1.21 bits per heavy atom. The lowest BCUT2D eigenvalue weighted by molar-refractivity contribution is -0.871. The quantitative estimate of drug-likeness (QED) is 0.561. The van der Waals surface area contributed by atoms with Gasteiger partial charge in [0.15, 0.2) is 6.54 Å². The molecule has 24 heavy (non-hydrogen) atoms. The third-order valence-electron chi connectivity index (χ3n) is 3.34. The Morgan fingerprint density at radius 2 is 1.96 bits per heavy atom. The smallest absolute Gasteiger partial charge is 0.279 e. The van der Waals surface area contributed by atoms with Gasteiger partial charge in [0.2, 0.25) is 0 Å². The zero-order valence-corrected chi connectivity index (χ0v) is 13.4. The summed E-state index contributed by atoms with van der Waals surface area (Å²) in [5, 5.41) is 13.4. The van der Waals surface area contributed by atoms with Gasteiger partial charge in [-0.1, -0.05) is 24.3 Å². The van der Waals surface area contributed by atoms with Crippen LogP contribution in [0.2, 0.25) is 0 Å². The van der Waals surface area contributed by atoms with Crippen molar-refractivity contribution in [2.24, 2.45) is 0 Å². The topological polar surface area (TPSA) is 85.9 Å². The number of nitrogens with zero attached hydrogens (tertiary/aromatic N) is 1. The van der Waals surface area contributed by atoms with Gasteiger partial charge in [-0.15, -0.1) is 0 Å². The van der Waals surface area contributed by atoms with Crippen LogP contribution in [0.5, 0.6) is 5.75 Å². The summed E-state index contributed by atoms with van der Waals surface area (Å²) >= 11 is 0. The second kappa shape index (κ2) is 8.64. The summed E-state index contributed by atoms with van der Waals surface area (Å²) in [7, 11) is 1.89. The molecule has 2 aromatic carbocycles. The largest absolute Gasteiger partial charge is 0.488 e. The molecule has 1 amide bonds. The van der Waals surface area contributed by atoms with E-state index in [-0.39, 0.29) is 18.1 Å². The van der Waals surface area contributed by atoms with Crippen LogP contribution in [0.25, 0.3) is 0 Å². The Labute approximate surface area is 140 Å². The maximum absolute atomic E-state index is 12.0. The molecule has 126 valence electrons. The van der Waals surface area contributed by atoms with Gasteiger partial charge >= 0.3 is 0 Å². The summed E-state index contributed by atoms with van der Waals surface area (Å²) in [5.41, 5.74) is 0.368. The Kier molecular flexibility index (Phi) is 6.27. The molecule has 0 saturated heterocycles. The lowest BCUT2D eigenvalue weighted by Crippen LogP contribution is -3.10. The highest BCUT2D eigenvalue weighted by Gasteiger charge is 2.12. The Hall–Kier alpha value is -2.93. The second-order valence-corrected chi connectivity index (χ2v) is 5.40. The predicted molar refractivity (Wildman–Crippen MR) is 90.3 cm³/mol. The summed E-state index contributed by atoms with van der Waals surface area (Å²) in [6.07, 6.45) is 0. The van der Waals surface area contributed by atoms with E-state index in [1.54, 1.807) is 6.07 Å². The number of nitrogens with one attached hydrogen (secondary N) is 2. The lowest BCUT2D eigenvalue weighted by atomic mass is 10.3. The molecule has 0 saturated carbocycles. The van der Waals surface area contributed by atoms with Crippen molar-refractivity contribution in [1.82, 2.24) is 0 Å². The van der Waals surface area contributed by atoms with Crippen molar-refractivity contribution in [3.8, 4) is 5.75 Å². The molecular weight excluding hydrogens is 310 g/mol. The van der Waals surface area contributed by atoms with Crippen LogP contribution in [0.15, 0.2) is 54.6 Å². The van der Waals surface area contributed by atoms with Gasteiger partial charge in [0, 0.05) is 17.8 Å². The number of nitro benzene ring substituents is 1. The summed E-state index contributed by atoms with van der Waals surface area (Å²) in [6, 6.07) is 15.4. The Bertz CT molecular complexity index is 691. The number of non-ortho nitro benzene ring substituents is 1. The molecule has 2 rings (SSSR count). The van der Waals surface area contributed by atoms with E-state index >= 15 is 0 Å². The fourth-order valence-electron chi connectivity index (χ4n) is 2.12. The first-order valence-corrected chi connectivity index (χ1v) is 7.58. The van der Waals surface area contributed by atoms with Gasteiger partial charge in [0.25, 0.3) is 11.6 Å². The van der Waals surface area contributed by atoms with Gasteiger partial charge in [0.05, 0.1) is 12.0 Å². The third-order valence-corrected chi connectivity index (χ3v) is 3.34. The van der Waals surface area contributed by atoms with Gasteiger partial charge in [-0.25, -0.2) is 0 Å². The molecular formula is C17H20N3O4+. The zero-order valence-electron chi connectivity index (χ0n) is 13.4. The number of carbonyl (C=O) groups excluding carboxylic acids is 1. The van der Waals surface area contributed by atoms with Crippen LogP contribution in [0, 0.1) is 10.1 Å². The molecule has 0 spiro atoms. The molecule has 7 heteroatoms. The highest BCUT2D eigenvalue weighted by Crippen LogP contribution is 2.16. The number of hydrogen-bond donors (Lipinski definition) is 2. The van der Waals surface area contributed by atoms with Crippen LogP contribution in [0.1, 0.15) is 0 Å². The number of carbonyl (C=O) groups is 1. The minimum Gasteiger partial charge on any atom is -0.488 e. The number of hydrogen-bond acceptors (Lipinski definition) is 4. The van der Waals surface area contributed by atoms with Crippen molar-refractivity contribution in [2.45, 2.75) is 0 Å². The second-order valence-electron chi connectivity index (χ2n) is 5.40. The predicted octanol–water partition coefficient (Wildman–Crippen LogP) is 1.13. The van der Waals surface area contributed by atoms with Crippen LogP contribution in [-0.2, 0) is 4.79 Å². The monoisotopic (exact) mass is 330 g/mol. The number of para-hydroxylation sites is 1. The molecule has 0 aliphatic carbocycles. The summed E-state index contributed by atoms with van der Waals surface area (Å²) in [4.78, 5) is 23.2. The van der Waals surface area contributed by atoms with E-state index in [0.717, 1.165) is 10.6 Å². The maximum atomic E-state index is 12.0. The number of amides is 1. The van der Waals surface area contributed by atoms with Crippen molar-refractivity contribution in [3.63, 3.8) is 0 Å². The number of nitro groups is 1. The van der Waals surface area contributed by atoms with Crippen molar-refractivity contribution < 1.29 is 19.4 Å². The highest BCUT2D eigenvalue weighted by molar-refractivity contribution is 5.91. The minimum atomic E-state index is -0.492. The van der Waals surface area contributed by atoms with Gasteiger partial charge in [0.1, 0.15) is 18.9 Å². The summed E-state index contributed by atoms with van der Waals surface area (Å²) in [5.74, 6) is 0.596. The highest BCUT2D eigenvalue weighted by atomic mass is 16.6. The first-order valence-electron chi connectivity index (χ1n) is 7.58. The molecule has 2 aromatic rings. The zero-order chi connectivity index (χ0) is 17.4. The lowest BCUT2D eigenvalue weighted by Gasteiger charge is -2.14. The minimum absolute atomic E-state index is 0.0511. The van der Waals surface area contributed by atoms with Gasteiger partial charge in [-0.05, 0) is 18.2 Å². The van der Waals surface area contributed by atoms with Crippen molar-refractivity contribution >= 4 is 17.3 Å². The third kappa shape index (κ3) is 5.69. The van der Waals surface area contributed by atoms with Crippen LogP contribution < -0.4 is 15.0 Å². The van der Waals surface area contributed by atoms with Crippen molar-refractivity contribution in [1.29, 1.82) is 0 Å².